The summed E-state index contributed by atoms with van der Waals surface area (Å²) in [7, 11) is 0. The van der Waals surface area contributed by atoms with Gasteiger partial charge >= 0.3 is 0 Å². The van der Waals surface area contributed by atoms with E-state index in [4.69, 9.17) is 5.41 Å². The first-order chi connectivity index (χ1) is 10.3. The third kappa shape index (κ3) is 12.5. The molecule has 1 atom stereocenters. The van der Waals surface area contributed by atoms with E-state index in [1.165, 1.54) is 11.8 Å². The molecule has 0 saturated carbocycles. The fourth-order valence-electron chi connectivity index (χ4n) is 1.56. The molecule has 0 aromatic rings. The quantitative estimate of drug-likeness (QED) is 0.192. The van der Waals surface area contributed by atoms with Gasteiger partial charge in [0, 0.05) is 13.1 Å². The lowest BCUT2D eigenvalue weighted by Crippen LogP contribution is -2.35. The van der Waals surface area contributed by atoms with E-state index in [9.17, 15) is 9.90 Å². The number of amides is 1. The summed E-state index contributed by atoms with van der Waals surface area (Å²) in [6.07, 6.45) is 5.91. The second-order valence-corrected chi connectivity index (χ2v) is 6.88. The van der Waals surface area contributed by atoms with Crippen LogP contribution in [0.15, 0.2) is 23.8 Å². The highest BCUT2D eigenvalue weighted by molar-refractivity contribution is 8.16. The minimum atomic E-state index is -0.822. The fraction of sp³-hybridized carbons (Fsp3) is 0.625. The van der Waals surface area contributed by atoms with E-state index < -0.39 is 5.60 Å². The van der Waals surface area contributed by atoms with Gasteiger partial charge in [-0.1, -0.05) is 37.8 Å². The van der Waals surface area contributed by atoms with E-state index in [0.717, 1.165) is 32.2 Å². The molecule has 1 amide bonds. The van der Waals surface area contributed by atoms with Gasteiger partial charge in [-0.3, -0.25) is 10.2 Å². The van der Waals surface area contributed by atoms with Gasteiger partial charge in [0.25, 0.3) is 0 Å². The maximum absolute atomic E-state index is 10.1. The van der Waals surface area contributed by atoms with Crippen LogP contribution in [0.2, 0.25) is 0 Å². The van der Waals surface area contributed by atoms with E-state index in [2.05, 4.69) is 30.2 Å². The van der Waals surface area contributed by atoms with E-state index in [0.29, 0.717) is 23.2 Å². The Morgan fingerprint density at radius 2 is 2.14 bits per heavy atom. The zero-order valence-corrected chi connectivity index (χ0v) is 14.6. The first-order valence-corrected chi connectivity index (χ1v) is 8.38. The molecule has 126 valence electrons. The molecule has 4 N–H and O–H groups in total. The van der Waals surface area contributed by atoms with E-state index in [1.807, 2.05) is 5.41 Å². The molecule has 0 saturated heterocycles. The van der Waals surface area contributed by atoms with Crippen LogP contribution in [0.3, 0.4) is 0 Å². The summed E-state index contributed by atoms with van der Waals surface area (Å²) < 4.78 is 0. The van der Waals surface area contributed by atoms with Gasteiger partial charge in [0.05, 0.1) is 11.3 Å². The molecule has 5 nitrogen and oxygen atoms in total. The van der Waals surface area contributed by atoms with Crippen molar-refractivity contribution < 1.29 is 9.90 Å². The molecule has 0 aromatic heterocycles. The summed E-state index contributed by atoms with van der Waals surface area (Å²) in [6, 6.07) is 0. The highest BCUT2D eigenvalue weighted by atomic mass is 32.2. The molecule has 0 rings (SSSR count). The lowest BCUT2D eigenvalue weighted by atomic mass is 10.0. The average Bonchev–Trinajstić information content (AvgIpc) is 2.43. The van der Waals surface area contributed by atoms with Crippen molar-refractivity contribution in [2.24, 2.45) is 5.92 Å². The standard InChI is InChI=1S/C16H29N3O2S/c1-13(7-5-6-9-18-12-20)8-10-22-15(17)14(2)19-11-16(3,4)21/h8,10,12-13,17,19,21H,2,5-7,9,11H2,1,3-4H3,(H,18,20)/b10-8+,17-15?. The van der Waals surface area contributed by atoms with Crippen LogP contribution >= 0.6 is 11.8 Å². The number of carbonyl (C=O) groups excluding carboxylic acids is 1. The van der Waals surface area contributed by atoms with Crippen LogP contribution in [-0.2, 0) is 4.79 Å². The van der Waals surface area contributed by atoms with Crippen molar-refractivity contribution in [3.05, 3.63) is 23.8 Å². The van der Waals surface area contributed by atoms with Crippen molar-refractivity contribution in [3.8, 4) is 0 Å². The van der Waals surface area contributed by atoms with E-state index in [-0.39, 0.29) is 0 Å². The monoisotopic (exact) mass is 327 g/mol. The normalized spacial score (nSPS) is 12.9. The molecule has 0 aliphatic heterocycles. The van der Waals surface area contributed by atoms with Crippen molar-refractivity contribution in [2.75, 3.05) is 13.1 Å². The maximum Gasteiger partial charge on any atom is 0.207 e. The smallest absolute Gasteiger partial charge is 0.207 e. The lowest BCUT2D eigenvalue weighted by molar-refractivity contribution is -0.109. The number of nitrogens with one attached hydrogen (secondary N) is 3. The molecule has 0 heterocycles. The van der Waals surface area contributed by atoms with Crippen molar-refractivity contribution in [2.45, 2.75) is 45.6 Å². The Hall–Kier alpha value is -1.27. The third-order valence-electron chi connectivity index (χ3n) is 2.92. The van der Waals surface area contributed by atoms with Crippen LogP contribution < -0.4 is 10.6 Å². The molecule has 0 bridgehead atoms. The predicted molar refractivity (Wildman–Crippen MR) is 95.0 cm³/mol. The van der Waals surface area contributed by atoms with Crippen LogP contribution in [0.5, 0.6) is 0 Å². The Morgan fingerprint density at radius 1 is 1.45 bits per heavy atom. The lowest BCUT2D eigenvalue weighted by Gasteiger charge is -2.19. The average molecular weight is 327 g/mol. The molecule has 0 spiro atoms. The zero-order chi connectivity index (χ0) is 17.0. The van der Waals surface area contributed by atoms with Crippen LogP contribution in [0.4, 0.5) is 0 Å². The van der Waals surface area contributed by atoms with Gasteiger partial charge in [-0.2, -0.15) is 0 Å². The Balaban J connectivity index is 3.87. The molecule has 0 radical (unpaired) electrons. The zero-order valence-electron chi connectivity index (χ0n) is 13.8. The van der Waals surface area contributed by atoms with Gasteiger partial charge in [0.15, 0.2) is 0 Å². The van der Waals surface area contributed by atoms with Crippen molar-refractivity contribution >= 4 is 23.2 Å². The number of hydrogen-bond donors (Lipinski definition) is 4. The Kier molecular flexibility index (Phi) is 10.7. The molecule has 0 fully saturated rings. The predicted octanol–water partition coefficient (Wildman–Crippen LogP) is 2.64. The topological polar surface area (TPSA) is 85.2 Å². The summed E-state index contributed by atoms with van der Waals surface area (Å²) in [5, 5.41) is 25.4. The number of hydrogen-bond acceptors (Lipinski definition) is 5. The molecule has 22 heavy (non-hydrogen) atoms. The molecule has 0 aliphatic rings. The molecule has 1 unspecified atom stereocenters. The first kappa shape index (κ1) is 20.7. The number of unbranched alkanes of at least 4 members (excludes halogenated alkanes) is 1. The highest BCUT2D eigenvalue weighted by Crippen LogP contribution is 2.15. The highest BCUT2D eigenvalue weighted by Gasteiger charge is 2.13. The van der Waals surface area contributed by atoms with Gasteiger partial charge in [0.1, 0.15) is 5.04 Å². The van der Waals surface area contributed by atoms with Crippen molar-refractivity contribution in [1.82, 2.24) is 10.6 Å². The minimum absolute atomic E-state index is 0.350. The first-order valence-electron chi connectivity index (χ1n) is 7.50. The Bertz CT molecular complexity index is 389. The number of aliphatic hydroxyl groups is 1. The Labute approximate surface area is 138 Å². The van der Waals surface area contributed by atoms with Gasteiger partial charge in [0.2, 0.25) is 6.41 Å². The van der Waals surface area contributed by atoms with Crippen LogP contribution in [0, 0.1) is 11.3 Å². The largest absolute Gasteiger partial charge is 0.389 e. The molecule has 0 aromatic carbocycles. The maximum atomic E-state index is 10.1. The SMILES string of the molecule is C=C(NCC(C)(C)O)C(=N)S/C=C/C(C)CCCCNC=O. The minimum Gasteiger partial charge on any atom is -0.389 e. The van der Waals surface area contributed by atoms with Crippen LogP contribution in [0.1, 0.15) is 40.0 Å². The summed E-state index contributed by atoms with van der Waals surface area (Å²) in [6.45, 7) is 10.4. The summed E-state index contributed by atoms with van der Waals surface area (Å²) in [4.78, 5) is 10.1. The Morgan fingerprint density at radius 3 is 2.73 bits per heavy atom. The molecule has 6 heteroatoms. The molecular weight excluding hydrogens is 298 g/mol. The fourth-order valence-corrected chi connectivity index (χ4v) is 2.26. The number of thioether (sulfide) groups is 1. The summed E-state index contributed by atoms with van der Waals surface area (Å²) >= 11 is 1.31. The van der Waals surface area contributed by atoms with Crippen LogP contribution in [-0.4, -0.2) is 35.3 Å². The van der Waals surface area contributed by atoms with E-state index in [1.54, 1.807) is 13.8 Å². The van der Waals surface area contributed by atoms with Gasteiger partial charge in [-0.25, -0.2) is 0 Å². The van der Waals surface area contributed by atoms with E-state index >= 15 is 0 Å². The molecular formula is C16H29N3O2S. The van der Waals surface area contributed by atoms with Crippen molar-refractivity contribution in [3.63, 3.8) is 0 Å². The second kappa shape index (κ2) is 11.3. The number of rotatable bonds is 12. The molecule has 0 aliphatic carbocycles. The van der Waals surface area contributed by atoms with Gasteiger partial charge in [-0.15, -0.1) is 0 Å². The number of carbonyl (C=O) groups is 1. The van der Waals surface area contributed by atoms with Crippen molar-refractivity contribution in [1.29, 1.82) is 5.41 Å². The van der Waals surface area contributed by atoms with Gasteiger partial charge < -0.3 is 15.7 Å². The second-order valence-electron chi connectivity index (χ2n) is 5.97. The summed E-state index contributed by atoms with van der Waals surface area (Å²) in [5.41, 5.74) is -0.305. The number of allylic oxidation sites excluding steroid dienone is 1. The van der Waals surface area contributed by atoms with Gasteiger partial charge in [-0.05, 0) is 38.0 Å². The van der Waals surface area contributed by atoms with Crippen LogP contribution in [0.25, 0.3) is 0 Å². The summed E-state index contributed by atoms with van der Waals surface area (Å²) in [5.74, 6) is 0.439. The third-order valence-corrected chi connectivity index (χ3v) is 3.69.